The first-order chi connectivity index (χ1) is 13.6. The molecule has 0 radical (unpaired) electrons. The molecule has 5 heteroatoms. The van der Waals surface area contributed by atoms with Crippen LogP contribution in [0.4, 0.5) is 0 Å². The summed E-state index contributed by atoms with van der Waals surface area (Å²) in [6, 6.07) is 17.8. The van der Waals surface area contributed by atoms with E-state index in [1.54, 1.807) is 0 Å². The van der Waals surface area contributed by atoms with Crippen LogP contribution in [-0.2, 0) is 6.61 Å². The Balaban J connectivity index is 1.44. The summed E-state index contributed by atoms with van der Waals surface area (Å²) in [4.78, 5) is 15.0. The quantitative estimate of drug-likeness (QED) is 0.639. The van der Waals surface area contributed by atoms with E-state index in [1.165, 1.54) is 5.56 Å². The van der Waals surface area contributed by atoms with Crippen LogP contribution in [-0.4, -0.2) is 22.5 Å². The smallest absolute Gasteiger partial charge is 0.254 e. The maximum Gasteiger partial charge on any atom is 0.254 e. The Kier molecular flexibility index (Phi) is 5.15. The number of carbonyl (C=O) groups excluding carboxylic acids is 1. The minimum Gasteiger partial charge on any atom is -0.489 e. The number of ether oxygens (including phenoxy) is 1. The number of rotatable bonds is 5. The highest BCUT2D eigenvalue weighted by atomic mass is 16.5. The van der Waals surface area contributed by atoms with Gasteiger partial charge in [0.15, 0.2) is 0 Å². The number of aryl methyl sites for hydroxylation is 2. The van der Waals surface area contributed by atoms with Crippen molar-refractivity contribution in [2.75, 3.05) is 6.54 Å². The van der Waals surface area contributed by atoms with Crippen molar-refractivity contribution in [3.05, 3.63) is 82.7 Å². The Hall–Kier alpha value is -3.08. The minimum atomic E-state index is 0.0728. The molecule has 1 aliphatic heterocycles. The van der Waals surface area contributed by atoms with Crippen molar-refractivity contribution in [3.63, 3.8) is 0 Å². The van der Waals surface area contributed by atoms with Crippen molar-refractivity contribution < 1.29 is 14.1 Å². The molecule has 1 fully saturated rings. The molecule has 1 atom stereocenters. The molecule has 1 saturated heterocycles. The van der Waals surface area contributed by atoms with E-state index in [0.717, 1.165) is 42.2 Å². The van der Waals surface area contributed by atoms with Gasteiger partial charge in [0.2, 0.25) is 0 Å². The molecule has 0 bridgehead atoms. The Morgan fingerprint density at radius 3 is 2.57 bits per heavy atom. The van der Waals surface area contributed by atoms with Gasteiger partial charge in [-0.05, 0) is 56.5 Å². The van der Waals surface area contributed by atoms with Gasteiger partial charge in [0.25, 0.3) is 5.91 Å². The standard InChI is InChI=1S/C23H24N2O3/c1-16-21(17(2)28-24-16)15-27-20-12-10-19(11-13-20)23(26)25-14-6-9-22(25)18-7-4-3-5-8-18/h3-5,7-8,10-13,22H,6,9,14-15H2,1-2H3. The van der Waals surface area contributed by atoms with Gasteiger partial charge < -0.3 is 14.2 Å². The lowest BCUT2D eigenvalue weighted by Gasteiger charge is -2.25. The average molecular weight is 376 g/mol. The van der Waals surface area contributed by atoms with Gasteiger partial charge in [0.1, 0.15) is 18.1 Å². The molecule has 1 aromatic heterocycles. The van der Waals surface area contributed by atoms with Gasteiger partial charge in [0, 0.05) is 12.1 Å². The summed E-state index contributed by atoms with van der Waals surface area (Å²) in [6.45, 7) is 4.97. The summed E-state index contributed by atoms with van der Waals surface area (Å²) in [6.07, 6.45) is 2.04. The van der Waals surface area contributed by atoms with Crippen LogP contribution in [0.15, 0.2) is 59.1 Å². The number of amides is 1. The first-order valence-electron chi connectivity index (χ1n) is 9.64. The molecule has 3 aromatic rings. The van der Waals surface area contributed by atoms with E-state index in [0.29, 0.717) is 12.2 Å². The monoisotopic (exact) mass is 376 g/mol. The fourth-order valence-electron chi connectivity index (χ4n) is 3.75. The molecule has 28 heavy (non-hydrogen) atoms. The number of aromatic nitrogens is 1. The second-order valence-corrected chi connectivity index (χ2v) is 7.18. The molecule has 4 rings (SSSR count). The van der Waals surface area contributed by atoms with Crippen LogP contribution in [0.25, 0.3) is 0 Å². The Morgan fingerprint density at radius 2 is 1.89 bits per heavy atom. The van der Waals surface area contributed by atoms with Crippen LogP contribution >= 0.6 is 0 Å². The Bertz CT molecular complexity index is 928. The first-order valence-corrected chi connectivity index (χ1v) is 9.64. The number of benzene rings is 2. The highest BCUT2D eigenvalue weighted by molar-refractivity contribution is 5.94. The first kappa shape index (κ1) is 18.3. The van der Waals surface area contributed by atoms with Gasteiger partial charge in [-0.25, -0.2) is 0 Å². The van der Waals surface area contributed by atoms with Crippen LogP contribution in [0.5, 0.6) is 5.75 Å². The molecule has 0 N–H and O–H groups in total. The van der Waals surface area contributed by atoms with Gasteiger partial charge >= 0.3 is 0 Å². The zero-order chi connectivity index (χ0) is 19.5. The third kappa shape index (κ3) is 3.65. The molecule has 1 aliphatic rings. The molecule has 2 heterocycles. The van der Waals surface area contributed by atoms with Crippen LogP contribution in [0.3, 0.4) is 0 Å². The van der Waals surface area contributed by atoms with Gasteiger partial charge in [-0.2, -0.15) is 0 Å². The molecule has 1 amide bonds. The Morgan fingerprint density at radius 1 is 1.14 bits per heavy atom. The number of nitrogens with zero attached hydrogens (tertiary/aromatic N) is 2. The maximum absolute atomic E-state index is 13.0. The zero-order valence-corrected chi connectivity index (χ0v) is 16.2. The maximum atomic E-state index is 13.0. The molecular formula is C23H24N2O3. The van der Waals surface area contributed by atoms with E-state index in [9.17, 15) is 4.79 Å². The second-order valence-electron chi connectivity index (χ2n) is 7.18. The van der Waals surface area contributed by atoms with E-state index < -0.39 is 0 Å². The lowest BCUT2D eigenvalue weighted by atomic mass is 10.0. The predicted octanol–water partition coefficient (Wildman–Crippen LogP) is 4.85. The fourth-order valence-corrected chi connectivity index (χ4v) is 3.75. The summed E-state index contributed by atoms with van der Waals surface area (Å²) in [5.74, 6) is 1.56. The topological polar surface area (TPSA) is 55.6 Å². The highest BCUT2D eigenvalue weighted by Crippen LogP contribution is 2.33. The van der Waals surface area contributed by atoms with Crippen molar-refractivity contribution >= 4 is 5.91 Å². The summed E-state index contributed by atoms with van der Waals surface area (Å²) in [5.41, 5.74) is 3.69. The number of likely N-dealkylation sites (tertiary alicyclic amines) is 1. The summed E-state index contributed by atoms with van der Waals surface area (Å²) < 4.78 is 11.0. The van der Waals surface area contributed by atoms with Crippen molar-refractivity contribution in [2.45, 2.75) is 39.3 Å². The molecule has 0 spiro atoms. The van der Waals surface area contributed by atoms with E-state index >= 15 is 0 Å². The van der Waals surface area contributed by atoms with Crippen molar-refractivity contribution in [3.8, 4) is 5.75 Å². The largest absolute Gasteiger partial charge is 0.489 e. The predicted molar refractivity (Wildman–Crippen MR) is 106 cm³/mol. The number of carbonyl (C=O) groups is 1. The van der Waals surface area contributed by atoms with E-state index in [1.807, 2.05) is 61.2 Å². The van der Waals surface area contributed by atoms with E-state index in [2.05, 4.69) is 17.3 Å². The van der Waals surface area contributed by atoms with Gasteiger partial charge in [0.05, 0.1) is 17.3 Å². The molecule has 144 valence electrons. The van der Waals surface area contributed by atoms with Crippen molar-refractivity contribution in [1.82, 2.24) is 10.1 Å². The molecule has 5 nitrogen and oxygen atoms in total. The lowest BCUT2D eigenvalue weighted by molar-refractivity contribution is 0.0735. The normalized spacial score (nSPS) is 16.4. The van der Waals surface area contributed by atoms with E-state index in [4.69, 9.17) is 9.26 Å². The van der Waals surface area contributed by atoms with Gasteiger partial charge in [-0.1, -0.05) is 35.5 Å². The van der Waals surface area contributed by atoms with E-state index in [-0.39, 0.29) is 11.9 Å². The molecule has 1 unspecified atom stereocenters. The van der Waals surface area contributed by atoms with Crippen LogP contribution in [0.2, 0.25) is 0 Å². The molecule has 0 aliphatic carbocycles. The minimum absolute atomic E-state index is 0.0728. The summed E-state index contributed by atoms with van der Waals surface area (Å²) in [7, 11) is 0. The van der Waals surface area contributed by atoms with Crippen molar-refractivity contribution in [2.24, 2.45) is 0 Å². The van der Waals surface area contributed by atoms with Gasteiger partial charge in [-0.15, -0.1) is 0 Å². The fraction of sp³-hybridized carbons (Fsp3) is 0.304. The lowest BCUT2D eigenvalue weighted by Crippen LogP contribution is -2.30. The zero-order valence-electron chi connectivity index (χ0n) is 16.2. The molecule has 2 aromatic carbocycles. The molecule has 0 saturated carbocycles. The van der Waals surface area contributed by atoms with Crippen LogP contribution in [0.1, 0.15) is 51.8 Å². The third-order valence-electron chi connectivity index (χ3n) is 5.36. The third-order valence-corrected chi connectivity index (χ3v) is 5.36. The highest BCUT2D eigenvalue weighted by Gasteiger charge is 2.30. The van der Waals surface area contributed by atoms with Crippen molar-refractivity contribution in [1.29, 1.82) is 0 Å². The summed E-state index contributed by atoms with van der Waals surface area (Å²) in [5, 5.41) is 3.94. The SMILES string of the molecule is Cc1noc(C)c1COc1ccc(C(=O)N2CCCC2c2ccccc2)cc1. The summed E-state index contributed by atoms with van der Waals surface area (Å²) >= 11 is 0. The Labute approximate surface area is 164 Å². The molecular weight excluding hydrogens is 352 g/mol. The average Bonchev–Trinajstić information content (AvgIpc) is 3.34. The van der Waals surface area contributed by atoms with Crippen LogP contribution < -0.4 is 4.74 Å². The number of hydrogen-bond donors (Lipinski definition) is 0. The van der Waals surface area contributed by atoms with Crippen LogP contribution in [0, 0.1) is 13.8 Å². The van der Waals surface area contributed by atoms with Gasteiger partial charge in [-0.3, -0.25) is 4.79 Å². The number of hydrogen-bond acceptors (Lipinski definition) is 4. The second kappa shape index (κ2) is 7.89.